The number of pyridine rings is 1. The highest BCUT2D eigenvalue weighted by Crippen LogP contribution is 2.60. The normalized spacial score (nSPS) is 15.4. The summed E-state index contributed by atoms with van der Waals surface area (Å²) in [4.78, 5) is 31.3. The predicted octanol–water partition coefficient (Wildman–Crippen LogP) is 5.49. The van der Waals surface area contributed by atoms with Crippen LogP contribution in [-0.2, 0) is 26.5 Å². The van der Waals surface area contributed by atoms with E-state index < -0.39 is 25.7 Å². The molecule has 1 N–H and O–H groups in total. The topological polar surface area (TPSA) is 81.1 Å². The van der Waals surface area contributed by atoms with E-state index in [4.69, 9.17) is 13.8 Å². The molecular formula is C28H31F3N2O5P+. The molecule has 0 radical (unpaired) electrons. The van der Waals surface area contributed by atoms with Gasteiger partial charge in [-0.05, 0) is 38.1 Å². The Morgan fingerprint density at radius 2 is 1.69 bits per heavy atom. The van der Waals surface area contributed by atoms with Crippen molar-refractivity contribution in [3.63, 3.8) is 0 Å². The van der Waals surface area contributed by atoms with E-state index >= 15 is 0 Å². The van der Waals surface area contributed by atoms with Crippen LogP contribution in [0.2, 0.25) is 0 Å². The van der Waals surface area contributed by atoms with E-state index in [1.54, 1.807) is 6.92 Å². The number of ether oxygens (including phenoxy) is 1. The van der Waals surface area contributed by atoms with Crippen LogP contribution in [-0.4, -0.2) is 54.2 Å². The van der Waals surface area contributed by atoms with Gasteiger partial charge in [-0.3, -0.25) is 9.88 Å². The van der Waals surface area contributed by atoms with E-state index in [0.29, 0.717) is 19.5 Å². The van der Waals surface area contributed by atoms with E-state index in [0.717, 1.165) is 11.6 Å². The first-order chi connectivity index (χ1) is 18.5. The molecule has 0 saturated carbocycles. The van der Waals surface area contributed by atoms with Gasteiger partial charge in [-0.2, -0.15) is 27.1 Å². The van der Waals surface area contributed by atoms with Crippen LogP contribution in [0.3, 0.4) is 0 Å². The third kappa shape index (κ3) is 6.65. The standard InChI is InChI=1S/C28H31F3N2O5P/c1-19-24(27(34)36-17-14-33(3)18-21-10-5-4-6-11-21)25(22-12-7-8-13-23(22)28(29,30)31)26(20(2)32-19)39(35)37-15-9-16-38-39/h4-8,10-13,35H,9,14-18H2,1-3H3/q+1. The van der Waals surface area contributed by atoms with Crippen LogP contribution in [0.1, 0.15) is 39.3 Å². The maximum Gasteiger partial charge on any atom is 0.448 e. The summed E-state index contributed by atoms with van der Waals surface area (Å²) in [5.41, 5.74) is -0.0573. The zero-order valence-electron chi connectivity index (χ0n) is 22.0. The lowest BCUT2D eigenvalue weighted by Gasteiger charge is -2.26. The number of carbonyl (C=O) groups excluding carboxylic acids is 1. The van der Waals surface area contributed by atoms with Crippen LogP contribution in [0.4, 0.5) is 13.2 Å². The zero-order chi connectivity index (χ0) is 28.2. The first-order valence-electron chi connectivity index (χ1n) is 12.5. The molecule has 1 aliphatic heterocycles. The van der Waals surface area contributed by atoms with E-state index in [9.17, 15) is 22.9 Å². The Bertz CT molecular complexity index is 1310. The Balaban J connectivity index is 1.74. The van der Waals surface area contributed by atoms with Crippen LogP contribution < -0.4 is 5.30 Å². The average Bonchev–Trinajstić information content (AvgIpc) is 2.88. The van der Waals surface area contributed by atoms with Gasteiger partial charge in [-0.1, -0.05) is 48.5 Å². The molecule has 2 heterocycles. The molecule has 4 rings (SSSR count). The second kappa shape index (κ2) is 12.1. The van der Waals surface area contributed by atoms with Crippen LogP contribution in [0.25, 0.3) is 11.1 Å². The van der Waals surface area contributed by atoms with Gasteiger partial charge in [0.1, 0.15) is 19.8 Å². The maximum absolute atomic E-state index is 14.2. The summed E-state index contributed by atoms with van der Waals surface area (Å²) in [7, 11) is -1.97. The first kappa shape index (κ1) is 29.1. The van der Waals surface area contributed by atoms with Crippen LogP contribution >= 0.6 is 7.94 Å². The number of hydrogen-bond acceptors (Lipinski definition) is 7. The lowest BCUT2D eigenvalue weighted by molar-refractivity contribution is -0.137. The third-order valence-electron chi connectivity index (χ3n) is 6.34. The van der Waals surface area contributed by atoms with E-state index in [2.05, 4.69) is 4.98 Å². The zero-order valence-corrected chi connectivity index (χ0v) is 22.9. The number of rotatable bonds is 8. The summed E-state index contributed by atoms with van der Waals surface area (Å²) in [6.45, 7) is 4.41. The SMILES string of the molecule is Cc1nc(C)c([P+]2(O)OCCCO2)c(-c2ccccc2C(F)(F)F)c1C(=O)OCCN(C)Cc1ccccc1. The molecule has 0 atom stereocenters. The van der Waals surface area contributed by atoms with Crippen LogP contribution in [0.5, 0.6) is 0 Å². The largest absolute Gasteiger partial charge is 0.461 e. The Kier molecular flexibility index (Phi) is 9.03. The number of alkyl halides is 3. The van der Waals surface area contributed by atoms with Crippen molar-refractivity contribution in [3.8, 4) is 11.1 Å². The Labute approximate surface area is 226 Å². The molecule has 1 fully saturated rings. The second-order valence-corrected chi connectivity index (χ2v) is 11.3. The third-order valence-corrected chi connectivity index (χ3v) is 8.52. The Morgan fingerprint density at radius 1 is 1.05 bits per heavy atom. The van der Waals surface area contributed by atoms with Crippen molar-refractivity contribution in [3.05, 3.63) is 82.7 Å². The monoisotopic (exact) mass is 563 g/mol. The van der Waals surface area contributed by atoms with Gasteiger partial charge in [0.25, 0.3) is 0 Å². The van der Waals surface area contributed by atoms with Gasteiger partial charge in [0.2, 0.25) is 5.30 Å². The predicted molar refractivity (Wildman–Crippen MR) is 143 cm³/mol. The summed E-state index contributed by atoms with van der Waals surface area (Å²) < 4.78 is 59.3. The quantitative estimate of drug-likeness (QED) is 0.287. The summed E-state index contributed by atoms with van der Waals surface area (Å²) in [5.74, 6) is -0.843. The average molecular weight is 564 g/mol. The minimum Gasteiger partial charge on any atom is -0.461 e. The number of carbonyl (C=O) groups is 1. The summed E-state index contributed by atoms with van der Waals surface area (Å²) in [6.07, 6.45) is -4.21. The lowest BCUT2D eigenvalue weighted by Crippen LogP contribution is -2.30. The number of benzene rings is 2. The molecule has 0 aliphatic carbocycles. The van der Waals surface area contributed by atoms with E-state index in [1.165, 1.54) is 25.1 Å². The van der Waals surface area contributed by atoms with E-state index in [-0.39, 0.29) is 53.2 Å². The highest BCUT2D eigenvalue weighted by molar-refractivity contribution is 7.69. The van der Waals surface area contributed by atoms with Crippen molar-refractivity contribution in [2.45, 2.75) is 33.0 Å². The first-order valence-corrected chi connectivity index (χ1v) is 14.1. The number of likely N-dealkylation sites (N-methyl/N-ethyl adjacent to an activating group) is 1. The molecule has 0 spiro atoms. The van der Waals surface area contributed by atoms with E-state index in [1.807, 2.05) is 42.3 Å². The molecule has 39 heavy (non-hydrogen) atoms. The summed E-state index contributed by atoms with van der Waals surface area (Å²) in [6, 6.07) is 14.7. The number of halogens is 3. The van der Waals surface area contributed by atoms with Gasteiger partial charge >= 0.3 is 20.1 Å². The summed E-state index contributed by atoms with van der Waals surface area (Å²) in [5, 5.41) is -0.0438. The van der Waals surface area contributed by atoms with Gasteiger partial charge in [-0.25, -0.2) is 4.79 Å². The van der Waals surface area contributed by atoms with Crippen LogP contribution in [0.15, 0.2) is 54.6 Å². The molecule has 7 nitrogen and oxygen atoms in total. The highest BCUT2D eigenvalue weighted by atomic mass is 31.2. The molecular weight excluding hydrogens is 532 g/mol. The second-order valence-electron chi connectivity index (χ2n) is 9.32. The Hall–Kier alpha value is -2.88. The Morgan fingerprint density at radius 3 is 2.36 bits per heavy atom. The summed E-state index contributed by atoms with van der Waals surface area (Å²) >= 11 is 0. The van der Waals surface area contributed by atoms with Crippen LogP contribution in [0, 0.1) is 13.8 Å². The molecule has 0 bridgehead atoms. The molecule has 3 aromatic rings. The molecule has 0 unspecified atom stereocenters. The van der Waals surface area contributed by atoms with Gasteiger partial charge < -0.3 is 4.74 Å². The minimum absolute atomic E-state index is 0.00240. The molecule has 1 aliphatic rings. The number of aromatic nitrogens is 1. The van der Waals surface area contributed by atoms with Crippen molar-refractivity contribution in [2.75, 3.05) is 33.4 Å². The minimum atomic E-state index is -4.73. The van der Waals surface area contributed by atoms with Gasteiger partial charge in [0.15, 0.2) is 0 Å². The molecule has 11 heteroatoms. The fraction of sp³-hybridized carbons (Fsp3) is 0.357. The number of esters is 1. The fourth-order valence-electron chi connectivity index (χ4n) is 4.59. The fourth-order valence-corrected chi connectivity index (χ4v) is 6.65. The molecule has 2 aromatic carbocycles. The number of hydrogen-bond donors (Lipinski definition) is 1. The molecule has 208 valence electrons. The molecule has 0 amide bonds. The lowest BCUT2D eigenvalue weighted by atomic mass is 9.93. The van der Waals surface area contributed by atoms with Crippen molar-refractivity contribution < 1.29 is 36.6 Å². The van der Waals surface area contributed by atoms with Gasteiger partial charge in [0, 0.05) is 19.5 Å². The van der Waals surface area contributed by atoms with Crippen molar-refractivity contribution >= 4 is 19.2 Å². The van der Waals surface area contributed by atoms with Crippen molar-refractivity contribution in [1.82, 2.24) is 9.88 Å². The van der Waals surface area contributed by atoms with Gasteiger partial charge in [-0.15, -0.1) is 0 Å². The highest BCUT2D eigenvalue weighted by Gasteiger charge is 2.52. The number of aryl methyl sites for hydroxylation is 2. The molecule has 1 aromatic heterocycles. The number of nitrogens with zero attached hydrogens (tertiary/aromatic N) is 2. The van der Waals surface area contributed by atoms with Crippen molar-refractivity contribution in [2.24, 2.45) is 0 Å². The smallest absolute Gasteiger partial charge is 0.448 e. The van der Waals surface area contributed by atoms with Crippen molar-refractivity contribution in [1.29, 1.82) is 0 Å². The maximum atomic E-state index is 14.2. The molecule has 1 saturated heterocycles. The van der Waals surface area contributed by atoms with Gasteiger partial charge in [0.05, 0.1) is 28.1 Å².